The lowest BCUT2D eigenvalue weighted by Crippen LogP contribution is -2.11. The summed E-state index contributed by atoms with van der Waals surface area (Å²) in [5.41, 5.74) is 0.355. The summed E-state index contributed by atoms with van der Waals surface area (Å²) in [6.07, 6.45) is 0. The van der Waals surface area contributed by atoms with Crippen LogP contribution in [0.4, 0.5) is 11.4 Å². The molecular weight excluding hydrogens is 384 g/mol. The fourth-order valence-corrected chi connectivity index (χ4v) is 2.11. The Morgan fingerprint density at radius 1 is 1.26 bits per heavy atom. The average molecular weight is 390 g/mol. The van der Waals surface area contributed by atoms with Crippen molar-refractivity contribution < 1.29 is 14.1 Å². The van der Waals surface area contributed by atoms with Crippen molar-refractivity contribution in [1.29, 1.82) is 0 Å². The molecule has 0 saturated carbocycles. The molecule has 1 heterocycles. The van der Waals surface area contributed by atoms with E-state index in [4.69, 9.17) is 4.42 Å². The molecule has 0 bridgehead atoms. The van der Waals surface area contributed by atoms with Crippen LogP contribution in [0.5, 0.6) is 0 Å². The van der Waals surface area contributed by atoms with Gasteiger partial charge < -0.3 is 9.73 Å². The van der Waals surface area contributed by atoms with Gasteiger partial charge in [-0.1, -0.05) is 0 Å². The highest BCUT2D eigenvalue weighted by atomic mass is 79.9. The number of hydrogen-bond acceptors (Lipinski definition) is 4. The smallest absolute Gasteiger partial charge is 0.291 e. The summed E-state index contributed by atoms with van der Waals surface area (Å²) in [5, 5.41) is 13.2. The lowest BCUT2D eigenvalue weighted by molar-refractivity contribution is -0.384. The third-order valence-electron chi connectivity index (χ3n) is 2.21. The maximum atomic E-state index is 11.8. The van der Waals surface area contributed by atoms with Gasteiger partial charge in [-0.15, -0.1) is 0 Å². The summed E-state index contributed by atoms with van der Waals surface area (Å²) < 4.78 is 5.96. The lowest BCUT2D eigenvalue weighted by atomic mass is 10.3. The number of carbonyl (C=O) groups is 1. The van der Waals surface area contributed by atoms with Gasteiger partial charge in [0, 0.05) is 16.6 Å². The number of carbonyl (C=O) groups excluding carboxylic acids is 1. The van der Waals surface area contributed by atoms with Gasteiger partial charge in [-0.3, -0.25) is 14.9 Å². The summed E-state index contributed by atoms with van der Waals surface area (Å²) in [4.78, 5) is 21.9. The number of nitro groups is 1. The Balaban J connectivity index is 2.20. The first-order valence-electron chi connectivity index (χ1n) is 4.98. The second-order valence-corrected chi connectivity index (χ2v) is 5.12. The van der Waals surface area contributed by atoms with Crippen molar-refractivity contribution in [3.8, 4) is 0 Å². The van der Waals surface area contributed by atoms with Crippen molar-refractivity contribution in [3.63, 3.8) is 0 Å². The molecule has 19 heavy (non-hydrogen) atoms. The van der Waals surface area contributed by atoms with Crippen LogP contribution in [0.2, 0.25) is 0 Å². The summed E-state index contributed by atoms with van der Waals surface area (Å²) in [6.45, 7) is 0. The molecule has 0 aliphatic heterocycles. The zero-order valence-electron chi connectivity index (χ0n) is 9.22. The predicted molar refractivity (Wildman–Crippen MR) is 75.2 cm³/mol. The maximum absolute atomic E-state index is 11.8. The Bertz CT molecular complexity index is 654. The number of furan rings is 1. The van der Waals surface area contributed by atoms with Crippen LogP contribution >= 0.6 is 31.9 Å². The molecule has 1 aromatic carbocycles. The van der Waals surface area contributed by atoms with E-state index >= 15 is 0 Å². The summed E-state index contributed by atoms with van der Waals surface area (Å²) in [6, 6.07) is 7.17. The number of amides is 1. The number of non-ortho nitro benzene ring substituents is 1. The first-order valence-corrected chi connectivity index (χ1v) is 6.56. The van der Waals surface area contributed by atoms with Crippen LogP contribution in [0.15, 0.2) is 43.9 Å². The molecule has 0 aliphatic carbocycles. The minimum absolute atomic E-state index is 0.0642. The summed E-state index contributed by atoms with van der Waals surface area (Å²) in [5.74, 6) is -0.308. The van der Waals surface area contributed by atoms with Crippen molar-refractivity contribution in [2.45, 2.75) is 0 Å². The fourth-order valence-electron chi connectivity index (χ4n) is 1.34. The normalized spacial score (nSPS) is 10.2. The minimum Gasteiger partial charge on any atom is -0.444 e. The third-order valence-corrected chi connectivity index (χ3v) is 3.29. The Morgan fingerprint density at radius 3 is 2.53 bits per heavy atom. The van der Waals surface area contributed by atoms with Crippen LogP contribution in [-0.4, -0.2) is 10.8 Å². The minimum atomic E-state index is -0.514. The molecule has 2 rings (SSSR count). The third kappa shape index (κ3) is 3.21. The highest BCUT2D eigenvalue weighted by molar-refractivity contribution is 9.10. The average Bonchev–Trinajstić information content (AvgIpc) is 2.78. The predicted octanol–water partition coefficient (Wildman–Crippen LogP) is 3.97. The summed E-state index contributed by atoms with van der Waals surface area (Å²) in [7, 11) is 0. The molecule has 0 saturated heterocycles. The zero-order valence-corrected chi connectivity index (χ0v) is 12.4. The van der Waals surface area contributed by atoms with Gasteiger partial charge in [-0.25, -0.2) is 0 Å². The molecule has 1 aromatic heterocycles. The summed E-state index contributed by atoms with van der Waals surface area (Å²) >= 11 is 6.26. The first-order chi connectivity index (χ1) is 8.97. The van der Waals surface area contributed by atoms with E-state index < -0.39 is 10.8 Å². The molecule has 2 aromatic rings. The second-order valence-electron chi connectivity index (χ2n) is 3.48. The van der Waals surface area contributed by atoms with E-state index in [9.17, 15) is 14.9 Å². The van der Waals surface area contributed by atoms with Gasteiger partial charge in [-0.05, 0) is 50.1 Å². The number of nitrogens with zero attached hydrogens (tertiary/aromatic N) is 1. The van der Waals surface area contributed by atoms with E-state index in [-0.39, 0.29) is 11.4 Å². The number of anilines is 1. The molecule has 0 aliphatic rings. The molecule has 0 spiro atoms. The number of halogens is 2. The number of nitrogens with one attached hydrogen (secondary N) is 1. The number of hydrogen-bond donors (Lipinski definition) is 1. The maximum Gasteiger partial charge on any atom is 0.291 e. The number of nitro benzene ring substituents is 1. The zero-order chi connectivity index (χ0) is 14.0. The van der Waals surface area contributed by atoms with E-state index in [0.717, 1.165) is 0 Å². The van der Waals surface area contributed by atoms with Crippen LogP contribution in [0.3, 0.4) is 0 Å². The molecule has 6 nitrogen and oxygen atoms in total. The van der Waals surface area contributed by atoms with Crippen LogP contribution in [0.25, 0.3) is 0 Å². The molecule has 98 valence electrons. The molecule has 0 fully saturated rings. The Labute approximate surface area is 124 Å². The topological polar surface area (TPSA) is 85.4 Å². The van der Waals surface area contributed by atoms with Crippen LogP contribution in [0.1, 0.15) is 10.6 Å². The molecule has 0 unspecified atom stereocenters. The molecule has 8 heteroatoms. The Hall–Kier alpha value is -1.67. The van der Waals surface area contributed by atoms with Gasteiger partial charge in [0.1, 0.15) is 0 Å². The molecule has 1 N–H and O–H groups in total. The largest absolute Gasteiger partial charge is 0.444 e. The van der Waals surface area contributed by atoms with E-state index in [1.807, 2.05) is 0 Å². The fraction of sp³-hybridized carbons (Fsp3) is 0. The van der Waals surface area contributed by atoms with Crippen molar-refractivity contribution in [2.24, 2.45) is 0 Å². The molecule has 1 amide bonds. The number of benzene rings is 1. The lowest BCUT2D eigenvalue weighted by Gasteiger charge is -2.05. The van der Waals surface area contributed by atoms with E-state index in [1.54, 1.807) is 6.07 Å². The highest BCUT2D eigenvalue weighted by Crippen LogP contribution is 2.27. The van der Waals surface area contributed by atoms with Gasteiger partial charge in [0.25, 0.3) is 11.6 Å². The van der Waals surface area contributed by atoms with Crippen LogP contribution in [-0.2, 0) is 0 Å². The van der Waals surface area contributed by atoms with Crippen LogP contribution in [0, 0.1) is 10.1 Å². The van der Waals surface area contributed by atoms with Crippen molar-refractivity contribution in [1.82, 2.24) is 0 Å². The van der Waals surface area contributed by atoms with Gasteiger partial charge >= 0.3 is 0 Å². The monoisotopic (exact) mass is 388 g/mol. The van der Waals surface area contributed by atoms with E-state index in [1.165, 1.54) is 24.3 Å². The van der Waals surface area contributed by atoms with Crippen molar-refractivity contribution in [3.05, 3.63) is 55.3 Å². The van der Waals surface area contributed by atoms with Crippen LogP contribution < -0.4 is 5.32 Å². The van der Waals surface area contributed by atoms with E-state index in [2.05, 4.69) is 37.2 Å². The van der Waals surface area contributed by atoms with E-state index in [0.29, 0.717) is 14.8 Å². The van der Waals surface area contributed by atoms with Crippen molar-refractivity contribution in [2.75, 3.05) is 5.32 Å². The van der Waals surface area contributed by atoms with Gasteiger partial charge in [0.15, 0.2) is 10.4 Å². The van der Waals surface area contributed by atoms with Crippen molar-refractivity contribution >= 4 is 49.1 Å². The number of rotatable bonds is 3. The highest BCUT2D eigenvalue weighted by Gasteiger charge is 2.14. The molecular formula is C11H6Br2N2O4. The second kappa shape index (κ2) is 5.54. The standard InChI is InChI=1S/C11H6Br2N2O4/c12-7-5-6(15(17)18)1-2-8(7)14-11(16)9-3-4-10(13)19-9/h1-5H,(H,14,16). The van der Waals surface area contributed by atoms with Gasteiger partial charge in [0.05, 0.1) is 10.6 Å². The molecule has 0 atom stereocenters. The first kappa shape index (κ1) is 13.8. The molecule has 0 radical (unpaired) electrons. The SMILES string of the molecule is O=C(Nc1ccc([N+](=O)[O-])cc1Br)c1ccc(Br)o1. The quantitative estimate of drug-likeness (QED) is 0.635. The Kier molecular flexibility index (Phi) is 4.01. The Morgan fingerprint density at radius 2 is 2.00 bits per heavy atom. The van der Waals surface area contributed by atoms with Gasteiger partial charge in [-0.2, -0.15) is 0 Å². The van der Waals surface area contributed by atoms with Gasteiger partial charge in [0.2, 0.25) is 0 Å².